The lowest BCUT2D eigenvalue weighted by molar-refractivity contribution is -0.118. The van der Waals surface area contributed by atoms with Gasteiger partial charge in [0.05, 0.1) is 31.8 Å². The largest absolute Gasteiger partial charge is 0.497 e. The van der Waals surface area contributed by atoms with Crippen LogP contribution in [0.3, 0.4) is 0 Å². The van der Waals surface area contributed by atoms with Gasteiger partial charge in [-0.3, -0.25) is 4.79 Å². The number of carbonyl (C=O) groups excluding carboxylic acids is 1. The molecule has 1 atom stereocenters. The van der Waals surface area contributed by atoms with Gasteiger partial charge in [0.25, 0.3) is 0 Å². The molecule has 1 aliphatic heterocycles. The number of methoxy groups -OCH3 is 2. The molecule has 2 aromatic rings. The molecule has 0 spiro atoms. The maximum atomic E-state index is 12.3. The fourth-order valence-electron chi connectivity index (χ4n) is 2.86. The van der Waals surface area contributed by atoms with Gasteiger partial charge in [-0.25, -0.2) is 0 Å². The molecule has 7 nitrogen and oxygen atoms in total. The summed E-state index contributed by atoms with van der Waals surface area (Å²) >= 11 is 1.37. The standard InChI is InChI=1S/C22H25N3O4S/c1-14(2)29-18-9-8-16(11-19(18)28-4)13-23-25-22-24-21(26)20(30-22)12-15-6-5-7-17(10-15)27-3/h5-11,13-14,20H,12H2,1-4H3,(H,24,25,26)/b23-13+. The van der Waals surface area contributed by atoms with Crippen LogP contribution in [0.4, 0.5) is 0 Å². The van der Waals surface area contributed by atoms with Crippen LogP contribution in [0, 0.1) is 0 Å². The number of thioether (sulfide) groups is 1. The van der Waals surface area contributed by atoms with E-state index in [0.29, 0.717) is 23.1 Å². The summed E-state index contributed by atoms with van der Waals surface area (Å²) in [6.45, 7) is 3.92. The van der Waals surface area contributed by atoms with E-state index in [9.17, 15) is 4.79 Å². The van der Waals surface area contributed by atoms with Gasteiger partial charge in [-0.15, -0.1) is 5.10 Å². The van der Waals surface area contributed by atoms with Gasteiger partial charge in [0.1, 0.15) is 5.75 Å². The number of hydrogen-bond acceptors (Lipinski definition) is 7. The number of benzene rings is 2. The van der Waals surface area contributed by atoms with Crippen molar-refractivity contribution in [3.05, 3.63) is 53.6 Å². The number of ether oxygens (including phenoxy) is 3. The third kappa shape index (κ3) is 5.76. The number of amidine groups is 1. The summed E-state index contributed by atoms with van der Waals surface area (Å²) in [7, 11) is 3.22. The van der Waals surface area contributed by atoms with Crippen molar-refractivity contribution < 1.29 is 19.0 Å². The monoisotopic (exact) mass is 427 g/mol. The highest BCUT2D eigenvalue weighted by molar-refractivity contribution is 8.15. The first-order valence-electron chi connectivity index (χ1n) is 9.54. The lowest BCUT2D eigenvalue weighted by Gasteiger charge is -2.13. The second kappa shape index (κ2) is 10.2. The van der Waals surface area contributed by atoms with Crippen LogP contribution in [0.2, 0.25) is 0 Å². The smallest absolute Gasteiger partial charge is 0.239 e. The maximum Gasteiger partial charge on any atom is 0.239 e. The van der Waals surface area contributed by atoms with E-state index in [4.69, 9.17) is 14.2 Å². The third-order valence-electron chi connectivity index (χ3n) is 4.24. The van der Waals surface area contributed by atoms with Crippen LogP contribution >= 0.6 is 11.8 Å². The highest BCUT2D eigenvalue weighted by Crippen LogP contribution is 2.28. The van der Waals surface area contributed by atoms with Gasteiger partial charge in [0.15, 0.2) is 16.7 Å². The lowest BCUT2D eigenvalue weighted by atomic mass is 10.1. The van der Waals surface area contributed by atoms with E-state index in [1.54, 1.807) is 20.4 Å². The topological polar surface area (TPSA) is 81.5 Å². The number of amides is 1. The SMILES string of the molecule is COc1cccc(CC2S/C(=N\N=C\c3ccc(OC(C)C)c(OC)c3)NC2=O)c1. The molecule has 2 aromatic carbocycles. The summed E-state index contributed by atoms with van der Waals surface area (Å²) in [5.41, 5.74) is 1.84. The molecule has 0 saturated carbocycles. The Hall–Kier alpha value is -3.00. The van der Waals surface area contributed by atoms with Crippen molar-refractivity contribution in [2.24, 2.45) is 10.2 Å². The minimum Gasteiger partial charge on any atom is -0.497 e. The Balaban J connectivity index is 1.63. The summed E-state index contributed by atoms with van der Waals surface area (Å²) in [4.78, 5) is 12.3. The zero-order chi connectivity index (χ0) is 21.5. The number of nitrogens with one attached hydrogen (secondary N) is 1. The number of rotatable bonds is 8. The van der Waals surface area contributed by atoms with Gasteiger partial charge < -0.3 is 19.5 Å². The molecule has 0 aliphatic carbocycles. The molecule has 1 fully saturated rings. The summed E-state index contributed by atoms with van der Waals surface area (Å²) < 4.78 is 16.3. The van der Waals surface area contributed by atoms with Crippen molar-refractivity contribution in [3.8, 4) is 17.2 Å². The van der Waals surface area contributed by atoms with E-state index in [0.717, 1.165) is 16.9 Å². The van der Waals surface area contributed by atoms with Crippen LogP contribution < -0.4 is 19.5 Å². The first-order valence-corrected chi connectivity index (χ1v) is 10.4. The molecule has 1 aliphatic rings. The number of carbonyl (C=O) groups is 1. The summed E-state index contributed by atoms with van der Waals surface area (Å²) in [5, 5.41) is 11.3. The molecule has 0 aromatic heterocycles. The van der Waals surface area contributed by atoms with Crippen LogP contribution in [-0.4, -0.2) is 42.9 Å². The van der Waals surface area contributed by atoms with Crippen molar-refractivity contribution in [1.29, 1.82) is 0 Å². The Morgan fingerprint density at radius 1 is 1.13 bits per heavy atom. The molecule has 1 heterocycles. The zero-order valence-corrected chi connectivity index (χ0v) is 18.2. The number of nitrogens with zero attached hydrogens (tertiary/aromatic N) is 2. The van der Waals surface area contributed by atoms with Crippen molar-refractivity contribution in [2.75, 3.05) is 14.2 Å². The normalized spacial score (nSPS) is 17.6. The molecule has 1 unspecified atom stereocenters. The Morgan fingerprint density at radius 3 is 2.70 bits per heavy atom. The number of hydrogen-bond donors (Lipinski definition) is 1. The van der Waals surface area contributed by atoms with E-state index < -0.39 is 0 Å². The third-order valence-corrected chi connectivity index (χ3v) is 5.31. The predicted octanol–water partition coefficient (Wildman–Crippen LogP) is 3.66. The Labute approximate surface area is 180 Å². The van der Waals surface area contributed by atoms with Crippen LogP contribution in [-0.2, 0) is 11.2 Å². The lowest BCUT2D eigenvalue weighted by Crippen LogP contribution is -2.25. The minimum absolute atomic E-state index is 0.0535. The highest BCUT2D eigenvalue weighted by atomic mass is 32.2. The van der Waals surface area contributed by atoms with Gasteiger partial charge in [0, 0.05) is 0 Å². The summed E-state index contributed by atoms with van der Waals surface area (Å²) in [5.74, 6) is 2.00. The predicted molar refractivity (Wildman–Crippen MR) is 120 cm³/mol. The van der Waals surface area contributed by atoms with E-state index in [2.05, 4.69) is 15.5 Å². The van der Waals surface area contributed by atoms with E-state index in [1.807, 2.05) is 56.3 Å². The molecule has 3 rings (SSSR count). The first kappa shape index (κ1) is 21.7. The molecule has 1 amide bonds. The van der Waals surface area contributed by atoms with Crippen molar-refractivity contribution in [3.63, 3.8) is 0 Å². The zero-order valence-electron chi connectivity index (χ0n) is 17.4. The molecule has 1 N–H and O–H groups in total. The average molecular weight is 428 g/mol. The Morgan fingerprint density at radius 2 is 1.97 bits per heavy atom. The van der Waals surface area contributed by atoms with E-state index >= 15 is 0 Å². The van der Waals surface area contributed by atoms with E-state index in [1.165, 1.54) is 11.8 Å². The highest BCUT2D eigenvalue weighted by Gasteiger charge is 2.30. The van der Waals surface area contributed by atoms with Crippen LogP contribution in [0.1, 0.15) is 25.0 Å². The second-order valence-corrected chi connectivity index (χ2v) is 8.07. The minimum atomic E-state index is -0.251. The first-order chi connectivity index (χ1) is 14.5. The van der Waals surface area contributed by atoms with Gasteiger partial charge in [0.2, 0.25) is 5.91 Å². The fourth-order valence-corrected chi connectivity index (χ4v) is 3.83. The summed E-state index contributed by atoms with van der Waals surface area (Å²) in [6, 6.07) is 13.2. The molecular formula is C22H25N3O4S. The van der Waals surface area contributed by atoms with Crippen LogP contribution in [0.5, 0.6) is 17.2 Å². The molecule has 30 heavy (non-hydrogen) atoms. The van der Waals surface area contributed by atoms with Gasteiger partial charge in [-0.05, 0) is 61.7 Å². The second-order valence-electron chi connectivity index (χ2n) is 6.88. The molecule has 1 saturated heterocycles. The van der Waals surface area contributed by atoms with Crippen LogP contribution in [0.15, 0.2) is 52.7 Å². The van der Waals surface area contributed by atoms with Gasteiger partial charge in [-0.2, -0.15) is 5.10 Å². The quantitative estimate of drug-likeness (QED) is 0.514. The fraction of sp³-hybridized carbons (Fsp3) is 0.318. The maximum absolute atomic E-state index is 12.3. The van der Waals surface area contributed by atoms with E-state index in [-0.39, 0.29) is 17.3 Å². The van der Waals surface area contributed by atoms with Gasteiger partial charge >= 0.3 is 0 Å². The van der Waals surface area contributed by atoms with Crippen molar-refractivity contribution >= 4 is 29.1 Å². The molecular weight excluding hydrogens is 402 g/mol. The Kier molecular flexibility index (Phi) is 7.35. The molecule has 0 radical (unpaired) electrons. The molecule has 8 heteroatoms. The van der Waals surface area contributed by atoms with Crippen molar-refractivity contribution in [2.45, 2.75) is 31.6 Å². The van der Waals surface area contributed by atoms with Crippen molar-refractivity contribution in [1.82, 2.24) is 5.32 Å². The average Bonchev–Trinajstić information content (AvgIpc) is 3.07. The summed E-state index contributed by atoms with van der Waals surface area (Å²) in [6.07, 6.45) is 2.25. The molecule has 158 valence electrons. The Bertz CT molecular complexity index is 959. The van der Waals surface area contributed by atoms with Gasteiger partial charge in [-0.1, -0.05) is 23.9 Å². The van der Waals surface area contributed by atoms with Crippen LogP contribution in [0.25, 0.3) is 0 Å². The molecule has 0 bridgehead atoms.